The van der Waals surface area contributed by atoms with Crippen LogP contribution in [0.2, 0.25) is 15.1 Å². The summed E-state index contributed by atoms with van der Waals surface area (Å²) in [7, 11) is -3.75. The SMILES string of the molecule is Cc1ccc(S(=O)(=O)CC(=O)Nc2c(Cl)cc(Cl)cc2Cl)cc1. The third-order valence-corrected chi connectivity index (χ3v) is 5.42. The number of halogens is 3. The van der Waals surface area contributed by atoms with Crippen molar-refractivity contribution in [2.24, 2.45) is 0 Å². The monoisotopic (exact) mass is 391 g/mol. The quantitative estimate of drug-likeness (QED) is 0.840. The molecular formula is C15H12Cl3NO3S. The van der Waals surface area contributed by atoms with Crippen LogP contribution in [-0.4, -0.2) is 20.1 Å². The van der Waals surface area contributed by atoms with Gasteiger partial charge in [-0.1, -0.05) is 52.5 Å². The molecule has 0 atom stereocenters. The number of sulfone groups is 1. The van der Waals surface area contributed by atoms with Crippen molar-refractivity contribution in [2.75, 3.05) is 11.1 Å². The number of hydrogen-bond donors (Lipinski definition) is 1. The van der Waals surface area contributed by atoms with E-state index in [9.17, 15) is 13.2 Å². The molecule has 0 unspecified atom stereocenters. The van der Waals surface area contributed by atoms with Crippen molar-refractivity contribution in [3.05, 3.63) is 57.0 Å². The molecule has 0 aliphatic carbocycles. The minimum absolute atomic E-state index is 0.0755. The summed E-state index contributed by atoms with van der Waals surface area (Å²) >= 11 is 17.7. The number of hydrogen-bond acceptors (Lipinski definition) is 3. The summed E-state index contributed by atoms with van der Waals surface area (Å²) in [5.74, 6) is -1.46. The molecule has 0 spiro atoms. The lowest BCUT2D eigenvalue weighted by Gasteiger charge is -2.10. The van der Waals surface area contributed by atoms with Crippen LogP contribution < -0.4 is 5.32 Å². The molecule has 0 aromatic heterocycles. The van der Waals surface area contributed by atoms with E-state index in [2.05, 4.69) is 5.32 Å². The standard InChI is InChI=1S/C15H12Cl3NO3S/c1-9-2-4-11(5-3-9)23(21,22)8-14(20)19-15-12(17)6-10(16)7-13(15)18/h2-7H,8H2,1H3,(H,19,20). The molecule has 23 heavy (non-hydrogen) atoms. The molecule has 0 aliphatic rings. The molecule has 0 bridgehead atoms. The molecule has 0 aliphatic heterocycles. The lowest BCUT2D eigenvalue weighted by Crippen LogP contribution is -2.23. The maximum Gasteiger partial charge on any atom is 0.240 e. The van der Waals surface area contributed by atoms with Gasteiger partial charge in [0, 0.05) is 5.02 Å². The van der Waals surface area contributed by atoms with E-state index in [0.717, 1.165) is 5.56 Å². The average Bonchev–Trinajstić information content (AvgIpc) is 2.42. The Balaban J connectivity index is 2.18. The Bertz CT molecular complexity index is 826. The first-order chi connectivity index (χ1) is 10.7. The van der Waals surface area contributed by atoms with Crippen molar-refractivity contribution in [3.63, 3.8) is 0 Å². The third-order valence-electron chi connectivity index (χ3n) is 2.97. The predicted octanol–water partition coefficient (Wildman–Crippen LogP) is 4.37. The zero-order valence-electron chi connectivity index (χ0n) is 11.9. The van der Waals surface area contributed by atoms with Crippen LogP contribution in [0.25, 0.3) is 0 Å². The summed E-state index contributed by atoms with van der Waals surface area (Å²) < 4.78 is 24.4. The van der Waals surface area contributed by atoms with Gasteiger partial charge in [-0.05, 0) is 31.2 Å². The first-order valence-corrected chi connectivity index (χ1v) is 9.21. The Morgan fingerprint density at radius 3 is 2.09 bits per heavy atom. The number of rotatable bonds is 4. The number of carbonyl (C=O) groups excluding carboxylic acids is 1. The maximum atomic E-state index is 12.2. The highest BCUT2D eigenvalue weighted by Gasteiger charge is 2.20. The van der Waals surface area contributed by atoms with E-state index < -0.39 is 21.5 Å². The molecule has 4 nitrogen and oxygen atoms in total. The van der Waals surface area contributed by atoms with Crippen molar-refractivity contribution in [1.82, 2.24) is 0 Å². The van der Waals surface area contributed by atoms with E-state index in [4.69, 9.17) is 34.8 Å². The fourth-order valence-corrected chi connectivity index (χ4v) is 3.88. The van der Waals surface area contributed by atoms with E-state index in [1.165, 1.54) is 24.3 Å². The molecule has 8 heteroatoms. The molecule has 1 N–H and O–H groups in total. The van der Waals surface area contributed by atoms with Crippen LogP contribution in [0.1, 0.15) is 5.56 Å². The van der Waals surface area contributed by atoms with Crippen LogP contribution in [0.4, 0.5) is 5.69 Å². The van der Waals surface area contributed by atoms with Gasteiger partial charge in [0.25, 0.3) is 0 Å². The number of anilines is 1. The topological polar surface area (TPSA) is 63.2 Å². The molecule has 122 valence electrons. The van der Waals surface area contributed by atoms with Crippen LogP contribution in [-0.2, 0) is 14.6 Å². The first kappa shape index (κ1) is 18.1. The Labute approximate surface area is 149 Å². The van der Waals surface area contributed by atoms with Crippen LogP contribution in [0.3, 0.4) is 0 Å². The number of amides is 1. The number of carbonyl (C=O) groups is 1. The lowest BCUT2D eigenvalue weighted by atomic mass is 10.2. The highest BCUT2D eigenvalue weighted by atomic mass is 35.5. The van der Waals surface area contributed by atoms with Gasteiger partial charge in [0.1, 0.15) is 5.75 Å². The molecule has 0 saturated carbocycles. The summed E-state index contributed by atoms with van der Waals surface area (Å²) in [6.07, 6.45) is 0. The zero-order chi connectivity index (χ0) is 17.2. The normalized spacial score (nSPS) is 11.3. The minimum atomic E-state index is -3.75. The molecule has 2 rings (SSSR count). The van der Waals surface area contributed by atoms with E-state index in [1.54, 1.807) is 12.1 Å². The average molecular weight is 393 g/mol. The van der Waals surface area contributed by atoms with Crippen LogP contribution in [0.5, 0.6) is 0 Å². The van der Waals surface area contributed by atoms with Crippen LogP contribution >= 0.6 is 34.8 Å². The highest BCUT2D eigenvalue weighted by molar-refractivity contribution is 7.92. The Morgan fingerprint density at radius 1 is 1.04 bits per heavy atom. The number of nitrogens with one attached hydrogen (secondary N) is 1. The van der Waals surface area contributed by atoms with Gasteiger partial charge in [0.15, 0.2) is 9.84 Å². The van der Waals surface area contributed by atoms with Crippen molar-refractivity contribution in [3.8, 4) is 0 Å². The Kier molecular flexibility index (Phi) is 5.57. The molecular weight excluding hydrogens is 381 g/mol. The summed E-state index contributed by atoms with van der Waals surface area (Å²) in [6, 6.07) is 9.05. The van der Waals surface area contributed by atoms with Crippen molar-refractivity contribution >= 4 is 56.2 Å². The molecule has 2 aromatic rings. The van der Waals surface area contributed by atoms with Crippen LogP contribution in [0, 0.1) is 6.92 Å². The molecule has 1 amide bonds. The van der Waals surface area contributed by atoms with Gasteiger partial charge in [0.2, 0.25) is 5.91 Å². The third kappa shape index (κ3) is 4.61. The first-order valence-electron chi connectivity index (χ1n) is 6.43. The van der Waals surface area contributed by atoms with E-state index >= 15 is 0 Å². The largest absolute Gasteiger partial charge is 0.323 e. The van der Waals surface area contributed by atoms with E-state index in [0.29, 0.717) is 5.02 Å². The lowest BCUT2D eigenvalue weighted by molar-refractivity contribution is -0.113. The van der Waals surface area contributed by atoms with E-state index in [-0.39, 0.29) is 20.6 Å². The fourth-order valence-electron chi connectivity index (χ4n) is 1.84. The van der Waals surface area contributed by atoms with Gasteiger partial charge in [0.05, 0.1) is 20.6 Å². The maximum absolute atomic E-state index is 12.2. The van der Waals surface area contributed by atoms with Gasteiger partial charge >= 0.3 is 0 Å². The van der Waals surface area contributed by atoms with Gasteiger partial charge in [-0.3, -0.25) is 4.79 Å². The Hall–Kier alpha value is -1.27. The van der Waals surface area contributed by atoms with Gasteiger partial charge in [-0.15, -0.1) is 0 Å². The predicted molar refractivity (Wildman–Crippen MR) is 93.3 cm³/mol. The van der Waals surface area contributed by atoms with Gasteiger partial charge in [-0.25, -0.2) is 8.42 Å². The molecule has 0 saturated heterocycles. The number of benzene rings is 2. The van der Waals surface area contributed by atoms with Crippen molar-refractivity contribution in [1.29, 1.82) is 0 Å². The van der Waals surface area contributed by atoms with Gasteiger partial charge in [-0.2, -0.15) is 0 Å². The second-order valence-electron chi connectivity index (χ2n) is 4.86. The molecule has 0 radical (unpaired) electrons. The smallest absolute Gasteiger partial charge is 0.240 e. The summed E-state index contributed by atoms with van der Waals surface area (Å²) in [5.41, 5.74) is 1.05. The number of aryl methyl sites for hydroxylation is 1. The summed E-state index contributed by atoms with van der Waals surface area (Å²) in [6.45, 7) is 1.84. The second kappa shape index (κ2) is 7.09. The van der Waals surface area contributed by atoms with Crippen molar-refractivity contribution in [2.45, 2.75) is 11.8 Å². The second-order valence-corrected chi connectivity index (χ2v) is 8.11. The summed E-state index contributed by atoms with van der Waals surface area (Å²) in [4.78, 5) is 12.1. The summed E-state index contributed by atoms with van der Waals surface area (Å²) in [5, 5.41) is 2.97. The van der Waals surface area contributed by atoms with Crippen molar-refractivity contribution < 1.29 is 13.2 Å². The Morgan fingerprint density at radius 2 is 1.57 bits per heavy atom. The minimum Gasteiger partial charge on any atom is -0.323 e. The zero-order valence-corrected chi connectivity index (χ0v) is 15.0. The molecule has 2 aromatic carbocycles. The highest BCUT2D eigenvalue weighted by Crippen LogP contribution is 2.33. The van der Waals surface area contributed by atoms with E-state index in [1.807, 2.05) is 6.92 Å². The van der Waals surface area contributed by atoms with Gasteiger partial charge < -0.3 is 5.32 Å². The molecule has 0 heterocycles. The van der Waals surface area contributed by atoms with Crippen LogP contribution in [0.15, 0.2) is 41.3 Å². The fraction of sp³-hybridized carbons (Fsp3) is 0.133. The molecule has 0 fully saturated rings.